The van der Waals surface area contributed by atoms with E-state index in [1.165, 1.54) is 12.0 Å². The van der Waals surface area contributed by atoms with Crippen LogP contribution in [0.15, 0.2) is 30.3 Å². The molecule has 0 spiro atoms. The van der Waals surface area contributed by atoms with Gasteiger partial charge >= 0.3 is 6.09 Å². The average Bonchev–Trinajstić information content (AvgIpc) is 2.45. The van der Waals surface area contributed by atoms with Gasteiger partial charge in [0, 0.05) is 13.7 Å². The van der Waals surface area contributed by atoms with Gasteiger partial charge in [-0.05, 0) is 18.4 Å². The Balaban J connectivity index is 1.91. The van der Waals surface area contributed by atoms with Gasteiger partial charge in [-0.25, -0.2) is 4.79 Å². The molecule has 0 radical (unpaired) electrons. The van der Waals surface area contributed by atoms with Crippen LogP contribution in [-0.4, -0.2) is 42.1 Å². The van der Waals surface area contributed by atoms with Gasteiger partial charge in [0.1, 0.15) is 6.61 Å². The van der Waals surface area contributed by atoms with Crippen molar-refractivity contribution < 1.29 is 19.4 Å². The third kappa shape index (κ3) is 3.45. The molecule has 0 bridgehead atoms. The number of hydrogen-bond donors (Lipinski definition) is 1. The molecule has 1 aromatic rings. The molecule has 2 rings (SSSR count). The van der Waals surface area contributed by atoms with Crippen LogP contribution in [0.3, 0.4) is 0 Å². The van der Waals surface area contributed by atoms with E-state index in [4.69, 9.17) is 9.47 Å². The molecule has 1 aromatic carbocycles. The number of piperidine rings is 1. The fraction of sp³-hybridized carbons (Fsp3) is 0.500. The number of methoxy groups -OCH3 is 1. The summed E-state index contributed by atoms with van der Waals surface area (Å²) >= 11 is 0. The standard InChI is InChI=1S/C14H19NO4/c1-18-13-12(16)8-5-9-15(13)14(17)19-10-11-6-3-2-4-7-11/h2-4,6-7,12-13,16H,5,8-10H2,1H3. The lowest BCUT2D eigenvalue weighted by molar-refractivity contribution is -0.118. The second kappa shape index (κ2) is 6.54. The molecule has 1 N–H and O–H groups in total. The molecule has 1 saturated heterocycles. The number of likely N-dealkylation sites (tertiary alicyclic amines) is 1. The van der Waals surface area contributed by atoms with Gasteiger partial charge in [0.15, 0.2) is 6.23 Å². The van der Waals surface area contributed by atoms with Crippen LogP contribution in [-0.2, 0) is 16.1 Å². The molecule has 1 amide bonds. The normalized spacial score (nSPS) is 23.2. The zero-order valence-corrected chi connectivity index (χ0v) is 11.0. The minimum Gasteiger partial charge on any atom is -0.444 e. The van der Waals surface area contributed by atoms with Gasteiger partial charge < -0.3 is 14.6 Å². The zero-order chi connectivity index (χ0) is 13.7. The van der Waals surface area contributed by atoms with Gasteiger partial charge in [-0.15, -0.1) is 0 Å². The average molecular weight is 265 g/mol. The first-order valence-electron chi connectivity index (χ1n) is 6.40. The fourth-order valence-corrected chi connectivity index (χ4v) is 2.23. The van der Waals surface area contributed by atoms with Crippen LogP contribution in [0.2, 0.25) is 0 Å². The summed E-state index contributed by atoms with van der Waals surface area (Å²) in [5, 5.41) is 9.80. The number of carbonyl (C=O) groups excluding carboxylic acids is 1. The molecule has 2 atom stereocenters. The lowest BCUT2D eigenvalue weighted by Crippen LogP contribution is -2.52. The van der Waals surface area contributed by atoms with Crippen molar-refractivity contribution in [1.82, 2.24) is 4.90 Å². The predicted molar refractivity (Wildman–Crippen MR) is 69.4 cm³/mol. The first-order chi connectivity index (χ1) is 9.22. The van der Waals surface area contributed by atoms with Crippen LogP contribution < -0.4 is 0 Å². The smallest absolute Gasteiger partial charge is 0.412 e. The van der Waals surface area contributed by atoms with Gasteiger partial charge in [0.25, 0.3) is 0 Å². The van der Waals surface area contributed by atoms with Gasteiger partial charge in [0.05, 0.1) is 6.10 Å². The quantitative estimate of drug-likeness (QED) is 0.904. The third-order valence-corrected chi connectivity index (χ3v) is 3.22. The van der Waals surface area contributed by atoms with Crippen molar-refractivity contribution in [1.29, 1.82) is 0 Å². The summed E-state index contributed by atoms with van der Waals surface area (Å²) in [4.78, 5) is 13.4. The highest BCUT2D eigenvalue weighted by atomic mass is 16.6. The highest BCUT2D eigenvalue weighted by Crippen LogP contribution is 2.19. The Hall–Kier alpha value is -1.59. The minimum absolute atomic E-state index is 0.225. The van der Waals surface area contributed by atoms with Crippen LogP contribution in [0.4, 0.5) is 4.79 Å². The van der Waals surface area contributed by atoms with Crippen molar-refractivity contribution >= 4 is 6.09 Å². The maximum Gasteiger partial charge on any atom is 0.412 e. The van der Waals surface area contributed by atoms with Gasteiger partial charge in [-0.1, -0.05) is 30.3 Å². The Kier molecular flexibility index (Phi) is 4.76. The second-order valence-electron chi connectivity index (χ2n) is 4.57. The maximum atomic E-state index is 12.0. The Morgan fingerprint density at radius 3 is 2.84 bits per heavy atom. The van der Waals surface area contributed by atoms with Gasteiger partial charge in [-0.3, -0.25) is 4.90 Å². The Morgan fingerprint density at radius 1 is 1.42 bits per heavy atom. The van der Waals surface area contributed by atoms with Crippen molar-refractivity contribution in [3.8, 4) is 0 Å². The number of aliphatic hydroxyl groups excluding tert-OH is 1. The zero-order valence-electron chi connectivity index (χ0n) is 11.0. The summed E-state index contributed by atoms with van der Waals surface area (Å²) in [6, 6.07) is 9.49. The monoisotopic (exact) mass is 265 g/mol. The number of amides is 1. The number of rotatable bonds is 3. The van der Waals surface area contributed by atoms with Crippen LogP contribution in [0, 0.1) is 0 Å². The number of aliphatic hydroxyl groups is 1. The summed E-state index contributed by atoms with van der Waals surface area (Å²) in [7, 11) is 1.48. The molecular weight excluding hydrogens is 246 g/mol. The fourth-order valence-electron chi connectivity index (χ4n) is 2.23. The van der Waals surface area contributed by atoms with E-state index in [1.807, 2.05) is 30.3 Å². The lowest BCUT2D eigenvalue weighted by atomic mass is 10.1. The molecule has 1 aliphatic rings. The molecule has 1 fully saturated rings. The molecule has 1 heterocycles. The van der Waals surface area contributed by atoms with Crippen molar-refractivity contribution in [2.45, 2.75) is 31.8 Å². The third-order valence-electron chi connectivity index (χ3n) is 3.22. The van der Waals surface area contributed by atoms with Crippen LogP contribution in [0.25, 0.3) is 0 Å². The molecule has 0 aromatic heterocycles. The molecule has 2 unspecified atom stereocenters. The van der Waals surface area contributed by atoms with Crippen LogP contribution in [0.5, 0.6) is 0 Å². The molecule has 19 heavy (non-hydrogen) atoms. The molecular formula is C14H19NO4. The Morgan fingerprint density at radius 2 is 2.16 bits per heavy atom. The molecule has 5 heteroatoms. The summed E-state index contributed by atoms with van der Waals surface area (Å²) in [6.07, 6.45) is -0.322. The highest BCUT2D eigenvalue weighted by Gasteiger charge is 2.34. The summed E-state index contributed by atoms with van der Waals surface area (Å²) in [5.74, 6) is 0. The van der Waals surface area contributed by atoms with E-state index in [-0.39, 0.29) is 6.61 Å². The number of carbonyl (C=O) groups is 1. The Labute approximate surface area is 112 Å². The topological polar surface area (TPSA) is 59.0 Å². The number of hydrogen-bond acceptors (Lipinski definition) is 4. The molecule has 5 nitrogen and oxygen atoms in total. The predicted octanol–water partition coefficient (Wildman–Crippen LogP) is 1.75. The van der Waals surface area contributed by atoms with E-state index in [2.05, 4.69) is 0 Å². The number of ether oxygens (including phenoxy) is 2. The second-order valence-corrected chi connectivity index (χ2v) is 4.57. The van der Waals surface area contributed by atoms with E-state index in [0.29, 0.717) is 13.0 Å². The lowest BCUT2D eigenvalue weighted by Gasteiger charge is -2.36. The number of benzene rings is 1. The van der Waals surface area contributed by atoms with E-state index < -0.39 is 18.4 Å². The van der Waals surface area contributed by atoms with E-state index in [0.717, 1.165) is 12.0 Å². The summed E-state index contributed by atoms with van der Waals surface area (Å²) in [5.41, 5.74) is 0.933. The molecule has 0 saturated carbocycles. The summed E-state index contributed by atoms with van der Waals surface area (Å²) < 4.78 is 10.4. The van der Waals surface area contributed by atoms with Crippen molar-refractivity contribution in [3.05, 3.63) is 35.9 Å². The van der Waals surface area contributed by atoms with Crippen molar-refractivity contribution in [3.63, 3.8) is 0 Å². The first-order valence-corrected chi connectivity index (χ1v) is 6.40. The van der Waals surface area contributed by atoms with E-state index in [1.54, 1.807) is 0 Å². The van der Waals surface area contributed by atoms with Gasteiger partial charge in [-0.2, -0.15) is 0 Å². The van der Waals surface area contributed by atoms with Crippen LogP contribution >= 0.6 is 0 Å². The summed E-state index contributed by atoms with van der Waals surface area (Å²) in [6.45, 7) is 0.770. The largest absolute Gasteiger partial charge is 0.444 e. The molecule has 1 aliphatic heterocycles. The van der Waals surface area contributed by atoms with Crippen LogP contribution in [0.1, 0.15) is 18.4 Å². The molecule has 104 valence electrons. The highest BCUT2D eigenvalue weighted by molar-refractivity contribution is 5.68. The first kappa shape index (κ1) is 13.8. The molecule has 0 aliphatic carbocycles. The maximum absolute atomic E-state index is 12.0. The Bertz CT molecular complexity index is 409. The van der Waals surface area contributed by atoms with E-state index in [9.17, 15) is 9.90 Å². The number of nitrogens with zero attached hydrogens (tertiary/aromatic N) is 1. The minimum atomic E-state index is -0.650. The van der Waals surface area contributed by atoms with Crippen molar-refractivity contribution in [2.24, 2.45) is 0 Å². The SMILES string of the molecule is COC1C(O)CCCN1C(=O)OCc1ccccc1. The van der Waals surface area contributed by atoms with Crippen molar-refractivity contribution in [2.75, 3.05) is 13.7 Å². The van der Waals surface area contributed by atoms with Gasteiger partial charge in [0.2, 0.25) is 0 Å². The van der Waals surface area contributed by atoms with E-state index >= 15 is 0 Å².